The third-order valence-corrected chi connectivity index (χ3v) is 4.05. The van der Waals surface area contributed by atoms with E-state index in [1.807, 2.05) is 55.8 Å². The topological polar surface area (TPSA) is 46.9 Å². The first-order chi connectivity index (χ1) is 10.5. The van der Waals surface area contributed by atoms with Gasteiger partial charge in [0.15, 0.2) is 5.82 Å². The van der Waals surface area contributed by atoms with E-state index in [1.54, 1.807) is 0 Å². The molecule has 1 aromatic carbocycles. The minimum Gasteiger partial charge on any atom is -0.309 e. The summed E-state index contributed by atoms with van der Waals surface area (Å²) in [5.74, 6) is 0.687. The Morgan fingerprint density at radius 3 is 2.68 bits per heavy atom. The average Bonchev–Trinajstić information content (AvgIpc) is 2.80. The van der Waals surface area contributed by atoms with Crippen LogP contribution in [0.3, 0.4) is 0 Å². The van der Waals surface area contributed by atoms with Gasteiger partial charge in [0.05, 0.1) is 6.54 Å². The van der Waals surface area contributed by atoms with Crippen molar-refractivity contribution in [2.75, 3.05) is 5.32 Å². The summed E-state index contributed by atoms with van der Waals surface area (Å²) >= 11 is 6.01. The van der Waals surface area contributed by atoms with Crippen LogP contribution < -0.4 is 5.32 Å². The molecule has 1 heterocycles. The van der Waals surface area contributed by atoms with E-state index in [2.05, 4.69) is 10.4 Å². The Hall–Kier alpha value is -1.81. The molecular weight excluding hydrogens is 298 g/mol. The van der Waals surface area contributed by atoms with Crippen molar-refractivity contribution in [2.24, 2.45) is 5.92 Å². The summed E-state index contributed by atoms with van der Waals surface area (Å²) in [5.41, 5.74) is 2.08. The zero-order valence-electron chi connectivity index (χ0n) is 13.3. The fourth-order valence-electron chi connectivity index (χ4n) is 2.43. The van der Waals surface area contributed by atoms with Crippen LogP contribution in [0.1, 0.15) is 37.9 Å². The summed E-state index contributed by atoms with van der Waals surface area (Å²) in [6.45, 7) is 6.66. The second-order valence-electron chi connectivity index (χ2n) is 5.46. The van der Waals surface area contributed by atoms with Crippen LogP contribution in [0.5, 0.6) is 0 Å². The quantitative estimate of drug-likeness (QED) is 0.864. The van der Waals surface area contributed by atoms with Gasteiger partial charge in [0.2, 0.25) is 5.91 Å². The van der Waals surface area contributed by atoms with E-state index in [1.165, 1.54) is 0 Å². The first-order valence-electron chi connectivity index (χ1n) is 7.63. The van der Waals surface area contributed by atoms with Crippen LogP contribution in [0.25, 0.3) is 0 Å². The van der Waals surface area contributed by atoms with Crippen LogP contribution in [0.2, 0.25) is 5.02 Å². The largest absolute Gasteiger partial charge is 0.309 e. The van der Waals surface area contributed by atoms with Crippen molar-refractivity contribution >= 4 is 23.3 Å². The fraction of sp³-hybridized carbons (Fsp3) is 0.412. The Labute approximate surface area is 136 Å². The SMILES string of the molecule is CCC(CC)C(=O)Nc1cc(C)n(Cc2cccc(Cl)c2)n1. The van der Waals surface area contributed by atoms with Crippen molar-refractivity contribution in [1.82, 2.24) is 9.78 Å². The number of hydrogen-bond acceptors (Lipinski definition) is 2. The third-order valence-electron chi connectivity index (χ3n) is 3.81. The number of carbonyl (C=O) groups excluding carboxylic acids is 1. The number of nitrogens with zero attached hydrogens (tertiary/aromatic N) is 2. The van der Waals surface area contributed by atoms with Crippen LogP contribution in [0, 0.1) is 12.8 Å². The molecule has 22 heavy (non-hydrogen) atoms. The van der Waals surface area contributed by atoms with E-state index in [0.717, 1.165) is 24.1 Å². The second kappa shape index (κ2) is 7.45. The zero-order valence-corrected chi connectivity index (χ0v) is 14.0. The number of benzene rings is 1. The van der Waals surface area contributed by atoms with Crippen molar-refractivity contribution in [1.29, 1.82) is 0 Å². The maximum absolute atomic E-state index is 12.1. The molecule has 0 spiro atoms. The highest BCUT2D eigenvalue weighted by Gasteiger charge is 2.16. The zero-order chi connectivity index (χ0) is 16.1. The molecule has 0 aliphatic carbocycles. The van der Waals surface area contributed by atoms with Crippen molar-refractivity contribution in [3.63, 3.8) is 0 Å². The Morgan fingerprint density at radius 2 is 2.05 bits per heavy atom. The Morgan fingerprint density at radius 1 is 1.32 bits per heavy atom. The van der Waals surface area contributed by atoms with Gasteiger partial charge in [0.1, 0.15) is 0 Å². The molecule has 0 aliphatic heterocycles. The molecule has 2 rings (SSSR count). The average molecular weight is 320 g/mol. The molecule has 0 saturated heterocycles. The highest BCUT2D eigenvalue weighted by Crippen LogP contribution is 2.16. The Kier molecular flexibility index (Phi) is 5.61. The van der Waals surface area contributed by atoms with E-state index >= 15 is 0 Å². The number of anilines is 1. The predicted octanol–water partition coefficient (Wildman–Crippen LogP) is 4.27. The molecule has 5 heteroatoms. The number of amides is 1. The highest BCUT2D eigenvalue weighted by molar-refractivity contribution is 6.30. The van der Waals surface area contributed by atoms with Crippen LogP contribution >= 0.6 is 11.6 Å². The van der Waals surface area contributed by atoms with Gasteiger partial charge in [-0.3, -0.25) is 9.48 Å². The first-order valence-corrected chi connectivity index (χ1v) is 8.01. The lowest BCUT2D eigenvalue weighted by molar-refractivity contribution is -0.120. The molecular formula is C17H22ClN3O. The molecule has 2 aromatic rings. The molecule has 0 aliphatic rings. The molecule has 1 amide bonds. The van der Waals surface area contributed by atoms with E-state index in [-0.39, 0.29) is 11.8 Å². The fourth-order valence-corrected chi connectivity index (χ4v) is 2.64. The van der Waals surface area contributed by atoms with Gasteiger partial charge < -0.3 is 5.32 Å². The minimum atomic E-state index is 0.0393. The first kappa shape index (κ1) is 16.6. The predicted molar refractivity (Wildman–Crippen MR) is 90.2 cm³/mol. The lowest BCUT2D eigenvalue weighted by atomic mass is 10.0. The Balaban J connectivity index is 2.09. The molecule has 0 bridgehead atoms. The van der Waals surface area contributed by atoms with Crippen LogP contribution in [-0.2, 0) is 11.3 Å². The van der Waals surface area contributed by atoms with Crippen molar-refractivity contribution in [3.8, 4) is 0 Å². The summed E-state index contributed by atoms with van der Waals surface area (Å²) in [6, 6.07) is 9.60. The number of aromatic nitrogens is 2. The minimum absolute atomic E-state index is 0.0393. The van der Waals surface area contributed by atoms with Crippen molar-refractivity contribution in [2.45, 2.75) is 40.2 Å². The van der Waals surface area contributed by atoms with E-state index in [0.29, 0.717) is 17.4 Å². The normalized spacial score (nSPS) is 11.0. The maximum atomic E-state index is 12.1. The summed E-state index contributed by atoms with van der Waals surface area (Å²) in [6.07, 6.45) is 1.68. The van der Waals surface area contributed by atoms with Gasteiger partial charge in [-0.15, -0.1) is 0 Å². The van der Waals surface area contributed by atoms with Gasteiger partial charge >= 0.3 is 0 Å². The van der Waals surface area contributed by atoms with E-state index < -0.39 is 0 Å². The summed E-state index contributed by atoms with van der Waals surface area (Å²) in [7, 11) is 0. The molecule has 0 atom stereocenters. The van der Waals surface area contributed by atoms with Crippen molar-refractivity contribution in [3.05, 3.63) is 46.6 Å². The molecule has 0 fully saturated rings. The number of nitrogens with one attached hydrogen (secondary N) is 1. The molecule has 4 nitrogen and oxygen atoms in total. The van der Waals surface area contributed by atoms with Crippen LogP contribution in [0.15, 0.2) is 30.3 Å². The molecule has 0 saturated carbocycles. The van der Waals surface area contributed by atoms with Crippen LogP contribution in [-0.4, -0.2) is 15.7 Å². The van der Waals surface area contributed by atoms with E-state index in [9.17, 15) is 4.79 Å². The maximum Gasteiger partial charge on any atom is 0.228 e. The van der Waals surface area contributed by atoms with E-state index in [4.69, 9.17) is 11.6 Å². The lowest BCUT2D eigenvalue weighted by Gasteiger charge is -2.10. The van der Waals surface area contributed by atoms with Gasteiger partial charge in [0, 0.05) is 22.7 Å². The molecule has 0 unspecified atom stereocenters. The van der Waals surface area contributed by atoms with Gasteiger partial charge in [0.25, 0.3) is 0 Å². The third kappa shape index (κ3) is 4.10. The lowest BCUT2D eigenvalue weighted by Crippen LogP contribution is -2.22. The van der Waals surface area contributed by atoms with Gasteiger partial charge in [-0.2, -0.15) is 5.10 Å². The molecule has 118 valence electrons. The summed E-state index contributed by atoms with van der Waals surface area (Å²) in [4.78, 5) is 12.1. The van der Waals surface area contributed by atoms with Gasteiger partial charge in [-0.05, 0) is 37.5 Å². The highest BCUT2D eigenvalue weighted by atomic mass is 35.5. The number of halogens is 1. The molecule has 1 N–H and O–H groups in total. The Bertz CT molecular complexity index is 647. The standard InChI is InChI=1S/C17H22ClN3O/c1-4-14(5-2)17(22)19-16-9-12(3)21(20-16)11-13-7-6-8-15(18)10-13/h6-10,14H,4-5,11H2,1-3H3,(H,19,20,22). The molecule has 1 aromatic heterocycles. The van der Waals surface area contributed by atoms with Gasteiger partial charge in [-0.1, -0.05) is 37.6 Å². The summed E-state index contributed by atoms with van der Waals surface area (Å²) < 4.78 is 1.87. The second-order valence-corrected chi connectivity index (χ2v) is 5.90. The van der Waals surface area contributed by atoms with Gasteiger partial charge in [-0.25, -0.2) is 0 Å². The van der Waals surface area contributed by atoms with Crippen LogP contribution in [0.4, 0.5) is 5.82 Å². The number of aryl methyl sites for hydroxylation is 1. The number of hydrogen-bond donors (Lipinski definition) is 1. The molecule has 0 radical (unpaired) electrons. The summed E-state index contributed by atoms with van der Waals surface area (Å²) in [5, 5.41) is 8.09. The monoisotopic (exact) mass is 319 g/mol. The van der Waals surface area contributed by atoms with Crippen molar-refractivity contribution < 1.29 is 4.79 Å². The number of rotatable bonds is 6. The smallest absolute Gasteiger partial charge is 0.228 e. The number of carbonyl (C=O) groups is 1.